The molecule has 0 aliphatic carbocycles. The van der Waals surface area contributed by atoms with Crippen molar-refractivity contribution in [2.24, 2.45) is 0 Å². The molecule has 1 aliphatic rings. The van der Waals surface area contributed by atoms with Gasteiger partial charge in [0.1, 0.15) is 0 Å². The van der Waals surface area contributed by atoms with E-state index in [0.717, 1.165) is 28.6 Å². The molecule has 1 heterocycles. The minimum atomic E-state index is 0.0809. The molecule has 102 valence electrons. The highest BCUT2D eigenvalue weighted by atomic mass is 79.9. The second-order valence-corrected chi connectivity index (χ2v) is 6.03. The van der Waals surface area contributed by atoms with Gasteiger partial charge in [-0.2, -0.15) is 0 Å². The zero-order chi connectivity index (χ0) is 13.9. The fourth-order valence-electron chi connectivity index (χ4n) is 2.63. The molecule has 1 atom stereocenters. The first kappa shape index (κ1) is 13.5. The van der Waals surface area contributed by atoms with Crippen LogP contribution in [0.4, 0.5) is 0 Å². The first-order chi connectivity index (χ1) is 9.74. The van der Waals surface area contributed by atoms with Crippen molar-refractivity contribution in [3.05, 3.63) is 69.7 Å². The largest absolute Gasteiger partial charge is 0.310 e. The van der Waals surface area contributed by atoms with Crippen molar-refractivity contribution < 1.29 is 4.79 Å². The van der Waals surface area contributed by atoms with E-state index < -0.39 is 0 Å². The number of rotatable bonds is 3. The molecule has 0 saturated carbocycles. The molecule has 2 nitrogen and oxygen atoms in total. The second kappa shape index (κ2) is 5.90. The summed E-state index contributed by atoms with van der Waals surface area (Å²) in [5.41, 5.74) is 2.70. The van der Waals surface area contributed by atoms with E-state index in [1.54, 1.807) is 0 Å². The molecule has 1 fully saturated rings. The van der Waals surface area contributed by atoms with E-state index in [9.17, 15) is 4.79 Å². The van der Waals surface area contributed by atoms with Crippen LogP contribution in [0.1, 0.15) is 40.4 Å². The minimum Gasteiger partial charge on any atom is -0.310 e. The fourth-order valence-corrected chi connectivity index (χ4v) is 2.90. The van der Waals surface area contributed by atoms with Gasteiger partial charge in [-0.25, -0.2) is 0 Å². The minimum absolute atomic E-state index is 0.0809. The average Bonchev–Trinajstić information content (AvgIpc) is 3.02. The van der Waals surface area contributed by atoms with E-state index in [4.69, 9.17) is 0 Å². The normalized spacial score (nSPS) is 18.1. The van der Waals surface area contributed by atoms with Crippen molar-refractivity contribution in [2.45, 2.75) is 18.9 Å². The number of benzene rings is 2. The second-order valence-electron chi connectivity index (χ2n) is 5.11. The van der Waals surface area contributed by atoms with E-state index in [2.05, 4.69) is 27.3 Å². The maximum Gasteiger partial charge on any atom is 0.193 e. The third-order valence-electron chi connectivity index (χ3n) is 3.72. The summed E-state index contributed by atoms with van der Waals surface area (Å²) < 4.78 is 0.984. The van der Waals surface area contributed by atoms with Crippen LogP contribution in [0.3, 0.4) is 0 Å². The molecule has 20 heavy (non-hydrogen) atoms. The molecule has 1 aliphatic heterocycles. The highest BCUT2D eigenvalue weighted by molar-refractivity contribution is 9.10. The summed E-state index contributed by atoms with van der Waals surface area (Å²) in [6.45, 7) is 1.07. The predicted molar refractivity (Wildman–Crippen MR) is 84.0 cm³/mol. The van der Waals surface area contributed by atoms with Crippen LogP contribution in [0.15, 0.2) is 53.0 Å². The molecule has 0 amide bonds. The van der Waals surface area contributed by atoms with Gasteiger partial charge in [-0.15, -0.1) is 0 Å². The lowest BCUT2D eigenvalue weighted by Crippen LogP contribution is -2.13. The molecular formula is C17H16BrNO. The quantitative estimate of drug-likeness (QED) is 0.859. The molecule has 3 heteroatoms. The highest BCUT2D eigenvalue weighted by Crippen LogP contribution is 2.24. The molecule has 2 aromatic rings. The summed E-state index contributed by atoms with van der Waals surface area (Å²) in [5, 5.41) is 3.47. The number of ketones is 1. The maximum atomic E-state index is 12.5. The van der Waals surface area contributed by atoms with Gasteiger partial charge in [0.15, 0.2) is 5.78 Å². The van der Waals surface area contributed by atoms with Crippen LogP contribution in [0.5, 0.6) is 0 Å². The Morgan fingerprint density at radius 3 is 2.60 bits per heavy atom. The topological polar surface area (TPSA) is 29.1 Å². The molecule has 3 rings (SSSR count). The van der Waals surface area contributed by atoms with E-state index in [-0.39, 0.29) is 5.78 Å². The Hall–Kier alpha value is -1.45. The number of carbonyl (C=O) groups is 1. The van der Waals surface area contributed by atoms with Crippen molar-refractivity contribution in [3.63, 3.8) is 0 Å². The standard InChI is InChI=1S/C17H16BrNO/c18-15-8-6-12(7-9-15)17(20)14-4-1-3-13(11-14)16-5-2-10-19-16/h1,3-4,6-9,11,16,19H,2,5,10H2. The highest BCUT2D eigenvalue weighted by Gasteiger charge is 2.17. The van der Waals surface area contributed by atoms with Gasteiger partial charge in [0.05, 0.1) is 0 Å². The summed E-state index contributed by atoms with van der Waals surface area (Å²) in [7, 11) is 0. The Bertz CT molecular complexity index is 615. The Balaban J connectivity index is 1.87. The third kappa shape index (κ3) is 2.84. The first-order valence-corrected chi connectivity index (χ1v) is 7.67. The molecule has 0 spiro atoms. The zero-order valence-corrected chi connectivity index (χ0v) is 12.7. The van der Waals surface area contributed by atoms with Gasteiger partial charge in [-0.3, -0.25) is 4.79 Å². The monoisotopic (exact) mass is 329 g/mol. The lowest BCUT2D eigenvalue weighted by Gasteiger charge is -2.11. The van der Waals surface area contributed by atoms with Gasteiger partial charge in [0, 0.05) is 21.6 Å². The summed E-state index contributed by atoms with van der Waals surface area (Å²) in [6.07, 6.45) is 2.35. The smallest absolute Gasteiger partial charge is 0.193 e. The van der Waals surface area contributed by atoms with Crippen molar-refractivity contribution in [2.75, 3.05) is 6.54 Å². The van der Waals surface area contributed by atoms with Crippen molar-refractivity contribution >= 4 is 21.7 Å². The Morgan fingerprint density at radius 1 is 1.10 bits per heavy atom. The molecular weight excluding hydrogens is 314 g/mol. The van der Waals surface area contributed by atoms with Crippen LogP contribution >= 0.6 is 15.9 Å². The third-order valence-corrected chi connectivity index (χ3v) is 4.25. The van der Waals surface area contributed by atoms with Gasteiger partial charge >= 0.3 is 0 Å². The van der Waals surface area contributed by atoms with E-state index >= 15 is 0 Å². The molecule has 1 saturated heterocycles. The summed E-state index contributed by atoms with van der Waals surface area (Å²) >= 11 is 3.39. The molecule has 0 radical (unpaired) electrons. The van der Waals surface area contributed by atoms with Crippen LogP contribution in [-0.2, 0) is 0 Å². The SMILES string of the molecule is O=C(c1ccc(Br)cc1)c1cccc(C2CCCN2)c1. The predicted octanol–water partition coefficient (Wildman–Crippen LogP) is 4.10. The number of hydrogen-bond acceptors (Lipinski definition) is 2. The molecule has 2 aromatic carbocycles. The maximum absolute atomic E-state index is 12.5. The number of carbonyl (C=O) groups excluding carboxylic acids is 1. The van der Waals surface area contributed by atoms with Gasteiger partial charge < -0.3 is 5.32 Å². The molecule has 1 N–H and O–H groups in total. The fraction of sp³-hybridized carbons (Fsp3) is 0.235. The molecule has 0 bridgehead atoms. The van der Waals surface area contributed by atoms with Crippen molar-refractivity contribution in [3.8, 4) is 0 Å². The van der Waals surface area contributed by atoms with E-state index in [1.165, 1.54) is 12.0 Å². The first-order valence-electron chi connectivity index (χ1n) is 6.87. The van der Waals surface area contributed by atoms with Crippen LogP contribution in [0, 0.1) is 0 Å². The molecule has 0 aromatic heterocycles. The Kier molecular flexibility index (Phi) is 3.99. The lowest BCUT2D eigenvalue weighted by atomic mass is 9.98. The van der Waals surface area contributed by atoms with Gasteiger partial charge in [0.25, 0.3) is 0 Å². The van der Waals surface area contributed by atoms with Crippen LogP contribution in [0.2, 0.25) is 0 Å². The zero-order valence-electron chi connectivity index (χ0n) is 11.1. The Labute approximate surface area is 127 Å². The van der Waals surface area contributed by atoms with Crippen LogP contribution < -0.4 is 5.32 Å². The summed E-state index contributed by atoms with van der Waals surface area (Å²) in [5.74, 6) is 0.0809. The summed E-state index contributed by atoms with van der Waals surface area (Å²) in [6, 6.07) is 15.9. The number of hydrogen-bond donors (Lipinski definition) is 1. The van der Waals surface area contributed by atoms with Crippen LogP contribution in [-0.4, -0.2) is 12.3 Å². The summed E-state index contributed by atoms with van der Waals surface area (Å²) in [4.78, 5) is 12.5. The van der Waals surface area contributed by atoms with E-state index in [0.29, 0.717) is 6.04 Å². The van der Waals surface area contributed by atoms with Gasteiger partial charge in [-0.1, -0.05) is 34.1 Å². The van der Waals surface area contributed by atoms with Crippen LogP contribution in [0.25, 0.3) is 0 Å². The van der Waals surface area contributed by atoms with E-state index in [1.807, 2.05) is 42.5 Å². The molecule has 1 unspecified atom stereocenters. The van der Waals surface area contributed by atoms with Crippen molar-refractivity contribution in [1.29, 1.82) is 0 Å². The van der Waals surface area contributed by atoms with Crippen molar-refractivity contribution in [1.82, 2.24) is 5.32 Å². The number of halogens is 1. The van der Waals surface area contributed by atoms with Gasteiger partial charge in [-0.05, 0) is 55.3 Å². The number of nitrogens with one attached hydrogen (secondary N) is 1. The Morgan fingerprint density at radius 2 is 1.90 bits per heavy atom. The van der Waals surface area contributed by atoms with Gasteiger partial charge in [0.2, 0.25) is 0 Å². The average molecular weight is 330 g/mol. The lowest BCUT2D eigenvalue weighted by molar-refractivity contribution is 0.103.